The molecule has 0 aliphatic heterocycles. The lowest BCUT2D eigenvalue weighted by Gasteiger charge is -2.16. The highest BCUT2D eigenvalue weighted by atomic mass is 32.2. The quantitative estimate of drug-likeness (QED) is 0.784. The van der Waals surface area contributed by atoms with E-state index in [1.807, 2.05) is 0 Å². The second-order valence-corrected chi connectivity index (χ2v) is 5.66. The first-order chi connectivity index (χ1) is 9.43. The highest BCUT2D eigenvalue weighted by Crippen LogP contribution is 2.19. The number of hydrogen-bond donors (Lipinski definition) is 0. The molecule has 0 aromatic heterocycles. The number of nitrogens with zero attached hydrogens (tertiary/aromatic N) is 1. The zero-order valence-corrected chi connectivity index (χ0v) is 12.1. The fraction of sp³-hybridized carbons (Fsp3) is 0.308. The van der Waals surface area contributed by atoms with Crippen LogP contribution in [-0.4, -0.2) is 32.5 Å². The van der Waals surface area contributed by atoms with Crippen molar-refractivity contribution < 1.29 is 22.3 Å². The van der Waals surface area contributed by atoms with Crippen molar-refractivity contribution in [3.8, 4) is 0 Å². The van der Waals surface area contributed by atoms with Gasteiger partial charge < -0.3 is 9.64 Å². The number of halogens is 1. The SMILES string of the molecule is CCN(CC)C(=O)O/C=C(/F)S(=O)(=O)c1ccccc1. The molecule has 7 heteroatoms. The minimum atomic E-state index is -4.28. The molecule has 20 heavy (non-hydrogen) atoms. The molecule has 0 unspecified atom stereocenters. The number of sulfone groups is 1. The van der Waals surface area contributed by atoms with E-state index in [1.165, 1.54) is 29.2 Å². The Bertz CT molecular complexity index is 580. The summed E-state index contributed by atoms with van der Waals surface area (Å²) in [5.74, 6) is 0. The fourth-order valence-corrected chi connectivity index (χ4v) is 2.34. The van der Waals surface area contributed by atoms with E-state index in [1.54, 1.807) is 19.9 Å². The van der Waals surface area contributed by atoms with Crippen LogP contribution >= 0.6 is 0 Å². The van der Waals surface area contributed by atoms with Gasteiger partial charge in [-0.3, -0.25) is 0 Å². The number of rotatable bonds is 5. The van der Waals surface area contributed by atoms with Crippen molar-refractivity contribution >= 4 is 15.9 Å². The maximum absolute atomic E-state index is 13.7. The summed E-state index contributed by atoms with van der Waals surface area (Å²) in [6, 6.07) is 7.08. The Labute approximate surface area is 117 Å². The molecule has 0 fully saturated rings. The van der Waals surface area contributed by atoms with Crippen molar-refractivity contribution in [1.29, 1.82) is 0 Å². The van der Waals surface area contributed by atoms with E-state index in [9.17, 15) is 17.6 Å². The first-order valence-corrected chi connectivity index (χ1v) is 7.53. The molecule has 0 saturated carbocycles. The molecule has 0 N–H and O–H groups in total. The lowest BCUT2D eigenvalue weighted by molar-refractivity contribution is 0.140. The van der Waals surface area contributed by atoms with Gasteiger partial charge in [0.05, 0.1) is 4.90 Å². The molecule has 0 aliphatic carbocycles. The van der Waals surface area contributed by atoms with Crippen LogP contribution in [0, 0.1) is 0 Å². The Balaban J connectivity index is 2.87. The van der Waals surface area contributed by atoms with Crippen LogP contribution in [0.4, 0.5) is 9.18 Å². The van der Waals surface area contributed by atoms with Gasteiger partial charge in [0.25, 0.3) is 5.16 Å². The Morgan fingerprint density at radius 2 is 1.80 bits per heavy atom. The average molecular weight is 301 g/mol. The molecule has 0 saturated heterocycles. The van der Waals surface area contributed by atoms with E-state index < -0.39 is 21.1 Å². The van der Waals surface area contributed by atoms with Gasteiger partial charge in [0, 0.05) is 13.1 Å². The molecular formula is C13H16FNO4S. The Morgan fingerprint density at radius 1 is 1.25 bits per heavy atom. The van der Waals surface area contributed by atoms with Crippen LogP contribution in [0.1, 0.15) is 13.8 Å². The van der Waals surface area contributed by atoms with Gasteiger partial charge in [-0.15, -0.1) is 0 Å². The number of carbonyl (C=O) groups excluding carboxylic acids is 1. The lowest BCUT2D eigenvalue weighted by Crippen LogP contribution is -2.30. The molecule has 1 rings (SSSR count). The summed E-state index contributed by atoms with van der Waals surface area (Å²) in [6.07, 6.45) is -0.475. The predicted octanol–water partition coefficient (Wildman–Crippen LogP) is 2.71. The lowest BCUT2D eigenvalue weighted by atomic mass is 10.4. The van der Waals surface area contributed by atoms with E-state index in [4.69, 9.17) is 0 Å². The molecule has 110 valence electrons. The van der Waals surface area contributed by atoms with Gasteiger partial charge in [0.1, 0.15) is 6.26 Å². The van der Waals surface area contributed by atoms with Gasteiger partial charge in [0.15, 0.2) is 0 Å². The van der Waals surface area contributed by atoms with Gasteiger partial charge in [-0.05, 0) is 26.0 Å². The number of hydrogen-bond acceptors (Lipinski definition) is 4. The highest BCUT2D eigenvalue weighted by molar-refractivity contribution is 7.95. The average Bonchev–Trinajstić information content (AvgIpc) is 2.46. The molecule has 1 amide bonds. The molecule has 1 aromatic rings. The van der Waals surface area contributed by atoms with Crippen molar-refractivity contribution in [2.75, 3.05) is 13.1 Å². The van der Waals surface area contributed by atoms with E-state index in [0.29, 0.717) is 19.4 Å². The summed E-state index contributed by atoms with van der Waals surface area (Å²) in [7, 11) is -4.28. The number of carbonyl (C=O) groups is 1. The summed E-state index contributed by atoms with van der Waals surface area (Å²) in [5, 5.41) is -1.51. The third-order valence-corrected chi connectivity index (χ3v) is 4.09. The smallest absolute Gasteiger partial charge is 0.414 e. The topological polar surface area (TPSA) is 63.7 Å². The van der Waals surface area contributed by atoms with Gasteiger partial charge in [-0.2, -0.15) is 4.39 Å². The second kappa shape index (κ2) is 7.04. The van der Waals surface area contributed by atoms with E-state index in [2.05, 4.69) is 4.74 Å². The standard InChI is InChI=1S/C13H16FNO4S/c1-3-15(4-2)13(16)19-10-12(14)20(17,18)11-8-6-5-7-9-11/h5-10H,3-4H2,1-2H3/b12-10-. The van der Waals surface area contributed by atoms with Crippen LogP contribution in [0.15, 0.2) is 46.6 Å². The summed E-state index contributed by atoms with van der Waals surface area (Å²) in [6.45, 7) is 4.23. The largest absolute Gasteiger partial charge is 0.414 e. The predicted molar refractivity (Wildman–Crippen MR) is 72.2 cm³/mol. The normalized spacial score (nSPS) is 12.1. The van der Waals surface area contributed by atoms with Crippen molar-refractivity contribution in [1.82, 2.24) is 4.90 Å². The van der Waals surface area contributed by atoms with Crippen molar-refractivity contribution in [2.45, 2.75) is 18.7 Å². The van der Waals surface area contributed by atoms with Crippen molar-refractivity contribution in [2.24, 2.45) is 0 Å². The van der Waals surface area contributed by atoms with Gasteiger partial charge in [-0.1, -0.05) is 18.2 Å². The first-order valence-electron chi connectivity index (χ1n) is 6.04. The molecule has 0 atom stereocenters. The first kappa shape index (κ1) is 16.2. The summed E-state index contributed by atoms with van der Waals surface area (Å²) in [4.78, 5) is 12.6. The molecular weight excluding hydrogens is 285 g/mol. The number of benzene rings is 1. The Kier molecular flexibility index (Phi) is 5.69. The Morgan fingerprint density at radius 3 is 2.30 bits per heavy atom. The van der Waals surface area contributed by atoms with Crippen LogP contribution in [-0.2, 0) is 14.6 Å². The van der Waals surface area contributed by atoms with Crippen LogP contribution in [0.3, 0.4) is 0 Å². The maximum Gasteiger partial charge on any atom is 0.414 e. The van der Waals surface area contributed by atoms with Crippen LogP contribution in [0.5, 0.6) is 0 Å². The molecule has 0 radical (unpaired) electrons. The van der Waals surface area contributed by atoms with Crippen LogP contribution < -0.4 is 0 Å². The molecule has 1 aromatic carbocycles. The monoisotopic (exact) mass is 301 g/mol. The second-order valence-electron chi connectivity index (χ2n) is 3.79. The van der Waals surface area contributed by atoms with Crippen LogP contribution in [0.25, 0.3) is 0 Å². The van der Waals surface area contributed by atoms with Gasteiger partial charge >= 0.3 is 6.09 Å². The Hall–Kier alpha value is -1.89. The number of amides is 1. The number of ether oxygens (including phenoxy) is 1. The molecule has 0 heterocycles. The third kappa shape index (κ3) is 3.80. The van der Waals surface area contributed by atoms with Gasteiger partial charge in [-0.25, -0.2) is 13.2 Å². The summed E-state index contributed by atoms with van der Waals surface area (Å²) in [5.41, 5.74) is 0. The summed E-state index contributed by atoms with van der Waals surface area (Å²) < 4.78 is 41.8. The van der Waals surface area contributed by atoms with Crippen LogP contribution in [0.2, 0.25) is 0 Å². The highest BCUT2D eigenvalue weighted by Gasteiger charge is 2.22. The van der Waals surface area contributed by atoms with Crippen molar-refractivity contribution in [3.63, 3.8) is 0 Å². The minimum Gasteiger partial charge on any atom is -0.414 e. The molecule has 0 spiro atoms. The molecule has 0 aliphatic rings. The molecule has 5 nitrogen and oxygen atoms in total. The van der Waals surface area contributed by atoms with Crippen molar-refractivity contribution in [3.05, 3.63) is 41.8 Å². The van der Waals surface area contributed by atoms with E-state index in [0.717, 1.165) is 0 Å². The van der Waals surface area contributed by atoms with E-state index >= 15 is 0 Å². The third-order valence-electron chi connectivity index (χ3n) is 2.58. The minimum absolute atomic E-state index is 0.201. The van der Waals surface area contributed by atoms with E-state index in [-0.39, 0.29) is 4.90 Å². The zero-order valence-electron chi connectivity index (χ0n) is 11.2. The molecule has 0 bridgehead atoms. The maximum atomic E-state index is 13.7. The van der Waals surface area contributed by atoms with Gasteiger partial charge in [0.2, 0.25) is 9.84 Å². The zero-order chi connectivity index (χ0) is 15.2. The summed E-state index contributed by atoms with van der Waals surface area (Å²) >= 11 is 0. The fourth-order valence-electron chi connectivity index (χ4n) is 1.43.